The SMILES string of the molecule is CCCCOCCOCCNC(=NCc1nc(C)no1)NCC. The van der Waals surface area contributed by atoms with Gasteiger partial charge in [0.05, 0.1) is 19.8 Å². The van der Waals surface area contributed by atoms with E-state index < -0.39 is 0 Å². The Morgan fingerprint density at radius 2 is 1.91 bits per heavy atom. The Kier molecular flexibility index (Phi) is 10.8. The van der Waals surface area contributed by atoms with E-state index in [1.54, 1.807) is 6.92 Å². The van der Waals surface area contributed by atoms with Crippen LogP contribution in [0.4, 0.5) is 0 Å². The zero-order valence-corrected chi connectivity index (χ0v) is 14.4. The fourth-order valence-corrected chi connectivity index (χ4v) is 1.70. The molecule has 1 aromatic heterocycles. The van der Waals surface area contributed by atoms with Crippen LogP contribution in [0.15, 0.2) is 9.52 Å². The average Bonchev–Trinajstić information content (AvgIpc) is 2.96. The molecule has 0 unspecified atom stereocenters. The van der Waals surface area contributed by atoms with Crippen LogP contribution < -0.4 is 10.6 Å². The maximum absolute atomic E-state index is 5.50. The van der Waals surface area contributed by atoms with Crippen LogP contribution in [0.25, 0.3) is 0 Å². The van der Waals surface area contributed by atoms with E-state index in [1.807, 2.05) is 6.92 Å². The number of hydrogen-bond donors (Lipinski definition) is 2. The van der Waals surface area contributed by atoms with Crippen molar-refractivity contribution in [1.82, 2.24) is 20.8 Å². The van der Waals surface area contributed by atoms with Gasteiger partial charge in [-0.3, -0.25) is 0 Å². The van der Waals surface area contributed by atoms with E-state index in [2.05, 4.69) is 32.7 Å². The molecule has 0 saturated heterocycles. The molecular formula is C15H29N5O3. The first kappa shape index (κ1) is 19.4. The minimum absolute atomic E-state index is 0.350. The van der Waals surface area contributed by atoms with Crippen LogP contribution in [-0.4, -0.2) is 55.6 Å². The fraction of sp³-hybridized carbons (Fsp3) is 0.800. The number of aromatic nitrogens is 2. The topological polar surface area (TPSA) is 93.8 Å². The lowest BCUT2D eigenvalue weighted by atomic mass is 10.4. The van der Waals surface area contributed by atoms with Gasteiger partial charge in [0, 0.05) is 19.7 Å². The number of unbranched alkanes of at least 4 members (excludes halogenated alkanes) is 1. The predicted molar refractivity (Wildman–Crippen MR) is 88.4 cm³/mol. The Balaban J connectivity index is 2.13. The van der Waals surface area contributed by atoms with Gasteiger partial charge in [0.25, 0.3) is 0 Å². The molecule has 1 rings (SSSR count). The molecule has 0 aliphatic heterocycles. The largest absolute Gasteiger partial charge is 0.379 e. The standard InChI is InChI=1S/C15H29N5O3/c1-4-6-8-21-10-11-22-9-7-17-15(16-5-2)18-12-14-19-13(3)20-23-14/h4-12H2,1-3H3,(H2,16,17,18). The van der Waals surface area contributed by atoms with E-state index in [-0.39, 0.29) is 0 Å². The van der Waals surface area contributed by atoms with Crippen molar-refractivity contribution in [2.24, 2.45) is 4.99 Å². The summed E-state index contributed by atoms with van der Waals surface area (Å²) in [5.41, 5.74) is 0. The van der Waals surface area contributed by atoms with Crippen LogP contribution >= 0.6 is 0 Å². The molecule has 0 radical (unpaired) electrons. The molecule has 0 atom stereocenters. The quantitative estimate of drug-likeness (QED) is 0.339. The summed E-state index contributed by atoms with van der Waals surface area (Å²) in [7, 11) is 0. The van der Waals surface area contributed by atoms with Gasteiger partial charge in [-0.05, 0) is 20.3 Å². The number of aliphatic imine (C=N–C) groups is 1. The molecule has 0 aromatic carbocycles. The van der Waals surface area contributed by atoms with Crippen molar-refractivity contribution in [3.63, 3.8) is 0 Å². The van der Waals surface area contributed by atoms with E-state index in [1.165, 1.54) is 0 Å². The van der Waals surface area contributed by atoms with Crippen LogP contribution in [0.5, 0.6) is 0 Å². The smallest absolute Gasteiger partial charge is 0.248 e. The third-order valence-electron chi connectivity index (χ3n) is 2.84. The first-order valence-electron chi connectivity index (χ1n) is 8.23. The minimum Gasteiger partial charge on any atom is -0.379 e. The third kappa shape index (κ3) is 9.85. The van der Waals surface area contributed by atoms with E-state index in [4.69, 9.17) is 14.0 Å². The third-order valence-corrected chi connectivity index (χ3v) is 2.84. The Labute approximate surface area is 138 Å². The van der Waals surface area contributed by atoms with Gasteiger partial charge in [-0.15, -0.1) is 0 Å². The van der Waals surface area contributed by atoms with E-state index in [9.17, 15) is 0 Å². The minimum atomic E-state index is 0.350. The van der Waals surface area contributed by atoms with Crippen molar-refractivity contribution >= 4 is 5.96 Å². The van der Waals surface area contributed by atoms with Gasteiger partial charge in [-0.1, -0.05) is 18.5 Å². The van der Waals surface area contributed by atoms with Gasteiger partial charge in [0.15, 0.2) is 11.8 Å². The molecule has 0 bridgehead atoms. The van der Waals surface area contributed by atoms with Gasteiger partial charge in [0.1, 0.15) is 6.54 Å². The van der Waals surface area contributed by atoms with Gasteiger partial charge < -0.3 is 24.6 Å². The molecule has 0 saturated carbocycles. The van der Waals surface area contributed by atoms with Crippen molar-refractivity contribution in [3.8, 4) is 0 Å². The molecule has 132 valence electrons. The first-order chi connectivity index (χ1) is 11.3. The van der Waals surface area contributed by atoms with Crippen LogP contribution in [-0.2, 0) is 16.0 Å². The monoisotopic (exact) mass is 327 g/mol. The molecule has 0 spiro atoms. The van der Waals surface area contributed by atoms with Crippen LogP contribution in [0.2, 0.25) is 0 Å². The zero-order chi connectivity index (χ0) is 16.8. The zero-order valence-electron chi connectivity index (χ0n) is 14.4. The summed E-state index contributed by atoms with van der Waals surface area (Å²) in [4.78, 5) is 8.50. The number of ether oxygens (including phenoxy) is 2. The summed E-state index contributed by atoms with van der Waals surface area (Å²) in [5.74, 6) is 1.81. The normalized spacial score (nSPS) is 11.7. The summed E-state index contributed by atoms with van der Waals surface area (Å²) >= 11 is 0. The van der Waals surface area contributed by atoms with E-state index in [0.717, 1.165) is 26.0 Å². The molecule has 2 N–H and O–H groups in total. The highest BCUT2D eigenvalue weighted by Crippen LogP contribution is 1.97. The molecule has 1 aromatic rings. The molecule has 0 aliphatic rings. The lowest BCUT2D eigenvalue weighted by Gasteiger charge is -2.11. The summed E-state index contributed by atoms with van der Waals surface area (Å²) in [6.45, 7) is 10.4. The predicted octanol–water partition coefficient (Wildman–Crippen LogP) is 1.27. The average molecular weight is 327 g/mol. The van der Waals surface area contributed by atoms with Crippen LogP contribution in [0.3, 0.4) is 0 Å². The van der Waals surface area contributed by atoms with Crippen molar-refractivity contribution < 1.29 is 14.0 Å². The number of aryl methyl sites for hydroxylation is 1. The van der Waals surface area contributed by atoms with Crippen LogP contribution in [0, 0.1) is 6.92 Å². The summed E-state index contributed by atoms with van der Waals surface area (Å²) < 4.78 is 16.0. The molecule has 8 nitrogen and oxygen atoms in total. The van der Waals surface area contributed by atoms with Gasteiger partial charge in [-0.25, -0.2) is 4.99 Å². The summed E-state index contributed by atoms with van der Waals surface area (Å²) in [6.07, 6.45) is 2.25. The fourth-order valence-electron chi connectivity index (χ4n) is 1.70. The molecule has 0 amide bonds. The second-order valence-electron chi connectivity index (χ2n) is 4.94. The Morgan fingerprint density at radius 1 is 1.13 bits per heavy atom. The van der Waals surface area contributed by atoms with E-state index >= 15 is 0 Å². The number of nitrogens with zero attached hydrogens (tertiary/aromatic N) is 3. The number of hydrogen-bond acceptors (Lipinski definition) is 6. The summed E-state index contributed by atoms with van der Waals surface area (Å²) in [5, 5.41) is 10.1. The Hall–Kier alpha value is -1.67. The maximum Gasteiger partial charge on any atom is 0.248 e. The first-order valence-corrected chi connectivity index (χ1v) is 8.23. The van der Waals surface area contributed by atoms with Crippen LogP contribution in [0.1, 0.15) is 38.4 Å². The molecule has 0 fully saturated rings. The second-order valence-corrected chi connectivity index (χ2v) is 4.94. The molecule has 8 heteroatoms. The summed E-state index contributed by atoms with van der Waals surface area (Å²) in [6, 6.07) is 0. The van der Waals surface area contributed by atoms with Crippen molar-refractivity contribution in [3.05, 3.63) is 11.7 Å². The van der Waals surface area contributed by atoms with Crippen molar-refractivity contribution in [1.29, 1.82) is 0 Å². The van der Waals surface area contributed by atoms with Gasteiger partial charge >= 0.3 is 0 Å². The lowest BCUT2D eigenvalue weighted by molar-refractivity contribution is 0.0487. The molecule has 0 aliphatic carbocycles. The van der Waals surface area contributed by atoms with Crippen molar-refractivity contribution in [2.75, 3.05) is 39.5 Å². The van der Waals surface area contributed by atoms with Crippen molar-refractivity contribution in [2.45, 2.75) is 40.2 Å². The second kappa shape index (κ2) is 12.8. The number of nitrogens with one attached hydrogen (secondary N) is 2. The number of rotatable bonds is 12. The van der Waals surface area contributed by atoms with Gasteiger partial charge in [0.2, 0.25) is 5.89 Å². The lowest BCUT2D eigenvalue weighted by Crippen LogP contribution is -2.39. The highest BCUT2D eigenvalue weighted by atomic mass is 16.5. The van der Waals surface area contributed by atoms with E-state index in [0.29, 0.717) is 50.6 Å². The Morgan fingerprint density at radius 3 is 2.57 bits per heavy atom. The van der Waals surface area contributed by atoms with Gasteiger partial charge in [-0.2, -0.15) is 4.98 Å². The molecule has 1 heterocycles. The Bertz CT molecular complexity index is 437. The maximum atomic E-state index is 5.50. The molecule has 23 heavy (non-hydrogen) atoms. The number of guanidine groups is 1. The highest BCUT2D eigenvalue weighted by Gasteiger charge is 2.02. The highest BCUT2D eigenvalue weighted by molar-refractivity contribution is 5.79. The molecular weight excluding hydrogens is 298 g/mol.